The number of nitrogens with one attached hydrogen (secondary N) is 1. The first-order valence-electron chi connectivity index (χ1n) is 9.31. The number of anilines is 1. The minimum absolute atomic E-state index is 0.151. The van der Waals surface area contributed by atoms with Crippen molar-refractivity contribution in [2.24, 2.45) is 5.73 Å². The number of aromatic nitrogens is 2. The van der Waals surface area contributed by atoms with E-state index in [-0.39, 0.29) is 30.7 Å². The van der Waals surface area contributed by atoms with Crippen LogP contribution in [0, 0.1) is 0 Å². The highest BCUT2D eigenvalue weighted by Gasteiger charge is 2.27. The van der Waals surface area contributed by atoms with Crippen LogP contribution in [-0.2, 0) is 4.79 Å². The van der Waals surface area contributed by atoms with Crippen molar-refractivity contribution in [3.8, 4) is 11.5 Å². The molecule has 9 heteroatoms. The summed E-state index contributed by atoms with van der Waals surface area (Å²) in [5.74, 6) is 1.30. The Balaban J connectivity index is 1.42. The maximum atomic E-state index is 12.7. The third-order valence-corrected chi connectivity index (χ3v) is 5.35. The molecule has 0 saturated carbocycles. The molecular weight excluding hydrogens is 362 g/mol. The van der Waals surface area contributed by atoms with Gasteiger partial charge in [-0.05, 0) is 38.0 Å². The molecule has 1 aromatic heterocycles. The molecule has 148 valence electrons. The maximum absolute atomic E-state index is 12.7. The summed E-state index contributed by atoms with van der Waals surface area (Å²) >= 11 is 0. The molecule has 3 heterocycles. The van der Waals surface area contributed by atoms with Crippen LogP contribution in [0.1, 0.15) is 36.2 Å². The molecule has 1 atom stereocenters. The molecule has 4 rings (SSSR count). The number of piperidine rings is 1. The van der Waals surface area contributed by atoms with Crippen LogP contribution in [0.2, 0.25) is 0 Å². The Morgan fingerprint density at radius 1 is 1.21 bits per heavy atom. The number of carbonyl (C=O) groups is 2. The Morgan fingerprint density at radius 2 is 1.96 bits per heavy atom. The zero-order chi connectivity index (χ0) is 19.7. The SMILES string of the molecule is CC(C(N)=O)N1CCC(n2nccc2NC(=O)c2ccc3c(c2)OCO3)CC1. The molecule has 1 unspecified atom stereocenters. The molecule has 28 heavy (non-hydrogen) atoms. The van der Waals surface area contributed by atoms with Crippen molar-refractivity contribution in [3.63, 3.8) is 0 Å². The fourth-order valence-electron chi connectivity index (χ4n) is 3.63. The van der Waals surface area contributed by atoms with Crippen LogP contribution < -0.4 is 20.5 Å². The minimum Gasteiger partial charge on any atom is -0.454 e. The number of amides is 2. The first kappa shape index (κ1) is 18.3. The molecule has 1 aromatic carbocycles. The summed E-state index contributed by atoms with van der Waals surface area (Å²) in [6.45, 7) is 3.50. The van der Waals surface area contributed by atoms with Crippen molar-refractivity contribution in [1.82, 2.24) is 14.7 Å². The third kappa shape index (κ3) is 3.53. The fraction of sp³-hybridized carbons (Fsp3) is 0.421. The van der Waals surface area contributed by atoms with Crippen LogP contribution >= 0.6 is 0 Å². The van der Waals surface area contributed by atoms with Gasteiger partial charge in [-0.15, -0.1) is 0 Å². The van der Waals surface area contributed by atoms with Gasteiger partial charge in [0, 0.05) is 24.7 Å². The van der Waals surface area contributed by atoms with Gasteiger partial charge < -0.3 is 20.5 Å². The van der Waals surface area contributed by atoms with Crippen LogP contribution in [0.5, 0.6) is 11.5 Å². The van der Waals surface area contributed by atoms with Gasteiger partial charge in [0.05, 0.1) is 18.3 Å². The summed E-state index contributed by atoms with van der Waals surface area (Å²) in [5.41, 5.74) is 5.89. The molecule has 1 saturated heterocycles. The summed E-state index contributed by atoms with van der Waals surface area (Å²) < 4.78 is 12.5. The van der Waals surface area contributed by atoms with Crippen LogP contribution in [0.15, 0.2) is 30.5 Å². The largest absolute Gasteiger partial charge is 0.454 e. The van der Waals surface area contributed by atoms with Gasteiger partial charge in [-0.3, -0.25) is 14.5 Å². The standard InChI is InChI=1S/C19H23N5O4/c1-12(18(20)25)23-8-5-14(6-9-23)24-17(4-7-21-24)22-19(26)13-2-3-15-16(10-13)28-11-27-15/h2-4,7,10,12,14H,5-6,8-9,11H2,1H3,(H2,20,25)(H,22,26). The lowest BCUT2D eigenvalue weighted by atomic mass is 10.0. The van der Waals surface area contributed by atoms with E-state index in [1.165, 1.54) is 0 Å². The minimum atomic E-state index is -0.311. The summed E-state index contributed by atoms with van der Waals surface area (Å²) in [4.78, 5) is 26.1. The monoisotopic (exact) mass is 385 g/mol. The summed E-state index contributed by atoms with van der Waals surface area (Å²) in [6.07, 6.45) is 3.33. The lowest BCUT2D eigenvalue weighted by molar-refractivity contribution is -0.123. The molecule has 0 bridgehead atoms. The van der Waals surface area contributed by atoms with Crippen molar-refractivity contribution in [3.05, 3.63) is 36.0 Å². The quantitative estimate of drug-likeness (QED) is 0.804. The number of primary amides is 1. The number of ether oxygens (including phenoxy) is 2. The Labute approximate surface area is 162 Å². The zero-order valence-corrected chi connectivity index (χ0v) is 15.6. The van der Waals surface area contributed by atoms with Gasteiger partial charge in [-0.25, -0.2) is 4.68 Å². The molecule has 0 radical (unpaired) electrons. The smallest absolute Gasteiger partial charge is 0.256 e. The predicted molar refractivity (Wildman–Crippen MR) is 101 cm³/mol. The van der Waals surface area contributed by atoms with E-state index in [0.29, 0.717) is 22.9 Å². The number of nitrogens with zero attached hydrogens (tertiary/aromatic N) is 3. The third-order valence-electron chi connectivity index (χ3n) is 5.35. The number of benzene rings is 1. The van der Waals surface area contributed by atoms with E-state index in [2.05, 4.69) is 15.3 Å². The van der Waals surface area contributed by atoms with Gasteiger partial charge in [0.25, 0.3) is 5.91 Å². The first-order valence-corrected chi connectivity index (χ1v) is 9.31. The molecule has 9 nitrogen and oxygen atoms in total. The molecule has 2 aliphatic heterocycles. The van der Waals surface area contributed by atoms with Gasteiger partial charge in [-0.2, -0.15) is 5.10 Å². The average molecular weight is 385 g/mol. The normalized spacial score (nSPS) is 18.0. The second kappa shape index (κ2) is 7.51. The van der Waals surface area contributed by atoms with Gasteiger partial charge in [0.15, 0.2) is 11.5 Å². The van der Waals surface area contributed by atoms with E-state index in [0.717, 1.165) is 25.9 Å². The number of carbonyl (C=O) groups excluding carboxylic acids is 2. The number of rotatable bonds is 5. The zero-order valence-electron chi connectivity index (χ0n) is 15.6. The van der Waals surface area contributed by atoms with Crippen molar-refractivity contribution < 1.29 is 19.1 Å². The first-order chi connectivity index (χ1) is 13.5. The summed E-state index contributed by atoms with van der Waals surface area (Å²) in [7, 11) is 0. The lowest BCUT2D eigenvalue weighted by Gasteiger charge is -2.35. The van der Waals surface area contributed by atoms with Crippen molar-refractivity contribution in [2.75, 3.05) is 25.2 Å². The number of hydrogen-bond donors (Lipinski definition) is 2. The maximum Gasteiger partial charge on any atom is 0.256 e. The number of hydrogen-bond acceptors (Lipinski definition) is 6. The van der Waals surface area contributed by atoms with Gasteiger partial charge in [0.1, 0.15) is 5.82 Å². The Hall–Kier alpha value is -3.07. The summed E-state index contributed by atoms with van der Waals surface area (Å²) in [6, 6.07) is 6.75. The van der Waals surface area contributed by atoms with E-state index < -0.39 is 0 Å². The number of likely N-dealkylation sites (tertiary alicyclic amines) is 1. The highest BCUT2D eigenvalue weighted by Crippen LogP contribution is 2.33. The number of nitrogens with two attached hydrogens (primary N) is 1. The lowest BCUT2D eigenvalue weighted by Crippen LogP contribution is -2.46. The van der Waals surface area contributed by atoms with Gasteiger partial charge >= 0.3 is 0 Å². The summed E-state index contributed by atoms with van der Waals surface area (Å²) in [5, 5.41) is 7.32. The highest BCUT2D eigenvalue weighted by molar-refractivity contribution is 6.04. The molecule has 2 amide bonds. The van der Waals surface area contributed by atoms with Crippen LogP contribution in [0.25, 0.3) is 0 Å². The molecule has 2 aromatic rings. The fourth-order valence-corrected chi connectivity index (χ4v) is 3.63. The average Bonchev–Trinajstić information content (AvgIpc) is 3.36. The molecule has 3 N–H and O–H groups in total. The second-order valence-electron chi connectivity index (χ2n) is 7.03. The van der Waals surface area contributed by atoms with E-state index in [4.69, 9.17) is 15.2 Å². The molecule has 2 aliphatic rings. The number of fused-ring (bicyclic) bond motifs is 1. The van der Waals surface area contributed by atoms with E-state index in [9.17, 15) is 9.59 Å². The second-order valence-corrected chi connectivity index (χ2v) is 7.03. The Bertz CT molecular complexity index is 888. The molecule has 0 spiro atoms. The molecular formula is C19H23N5O4. The van der Waals surface area contributed by atoms with E-state index in [1.54, 1.807) is 30.5 Å². The predicted octanol–water partition coefficient (Wildman–Crippen LogP) is 1.37. The van der Waals surface area contributed by atoms with E-state index in [1.807, 2.05) is 11.6 Å². The van der Waals surface area contributed by atoms with E-state index >= 15 is 0 Å². The molecule has 0 aliphatic carbocycles. The Kier molecular flexibility index (Phi) is 4.91. The van der Waals surface area contributed by atoms with Crippen LogP contribution in [0.3, 0.4) is 0 Å². The van der Waals surface area contributed by atoms with Crippen LogP contribution in [0.4, 0.5) is 5.82 Å². The van der Waals surface area contributed by atoms with Crippen molar-refractivity contribution in [2.45, 2.75) is 31.8 Å². The Morgan fingerprint density at radius 3 is 2.71 bits per heavy atom. The topological polar surface area (TPSA) is 112 Å². The van der Waals surface area contributed by atoms with Gasteiger partial charge in [0.2, 0.25) is 12.7 Å². The highest BCUT2D eigenvalue weighted by atomic mass is 16.7. The van der Waals surface area contributed by atoms with Crippen molar-refractivity contribution >= 4 is 17.6 Å². The molecule has 1 fully saturated rings. The van der Waals surface area contributed by atoms with Gasteiger partial charge in [-0.1, -0.05) is 0 Å². The van der Waals surface area contributed by atoms with Crippen LogP contribution in [-0.4, -0.2) is 52.4 Å². The van der Waals surface area contributed by atoms with Crippen molar-refractivity contribution in [1.29, 1.82) is 0 Å².